The van der Waals surface area contributed by atoms with Crippen LogP contribution < -0.4 is 5.32 Å². The van der Waals surface area contributed by atoms with Crippen molar-refractivity contribution in [1.29, 1.82) is 0 Å². The van der Waals surface area contributed by atoms with Crippen molar-refractivity contribution in [2.75, 3.05) is 0 Å². The Morgan fingerprint density at radius 2 is 2.07 bits per heavy atom. The molecule has 1 unspecified atom stereocenters. The smallest absolute Gasteiger partial charge is 0.0300 e. The second-order valence-corrected chi connectivity index (χ2v) is 4.22. The molecule has 2 nitrogen and oxygen atoms in total. The average Bonchev–Trinajstić information content (AvgIpc) is 2.16. The summed E-state index contributed by atoms with van der Waals surface area (Å²) in [7, 11) is 0. The summed E-state index contributed by atoms with van der Waals surface area (Å²) in [6.45, 7) is 9.73. The molecule has 0 saturated carbocycles. The molecule has 0 saturated heterocycles. The summed E-state index contributed by atoms with van der Waals surface area (Å²) in [6.07, 6.45) is 3.76. The van der Waals surface area contributed by atoms with Gasteiger partial charge in [0, 0.05) is 25.0 Å². The average molecular weight is 192 g/mol. The number of aromatic nitrogens is 1. The first-order chi connectivity index (χ1) is 6.61. The van der Waals surface area contributed by atoms with Gasteiger partial charge in [-0.2, -0.15) is 0 Å². The Morgan fingerprint density at radius 1 is 1.36 bits per heavy atom. The van der Waals surface area contributed by atoms with E-state index in [1.54, 1.807) is 0 Å². The van der Waals surface area contributed by atoms with Gasteiger partial charge in [0.15, 0.2) is 0 Å². The van der Waals surface area contributed by atoms with Crippen molar-refractivity contribution in [2.45, 2.75) is 40.3 Å². The molecular formula is C12H20N2. The molecule has 1 rings (SSSR count). The van der Waals surface area contributed by atoms with Crippen LogP contribution in [0.2, 0.25) is 0 Å². The first kappa shape index (κ1) is 11.2. The zero-order chi connectivity index (χ0) is 10.6. The van der Waals surface area contributed by atoms with Gasteiger partial charge in [-0.3, -0.25) is 4.98 Å². The number of aryl methyl sites for hydroxylation is 1. The molecule has 0 aliphatic rings. The Kier molecular flexibility index (Phi) is 4.08. The van der Waals surface area contributed by atoms with Gasteiger partial charge >= 0.3 is 0 Å². The van der Waals surface area contributed by atoms with Crippen LogP contribution in [0.3, 0.4) is 0 Å². The van der Waals surface area contributed by atoms with Crippen LogP contribution in [-0.2, 0) is 6.54 Å². The molecule has 14 heavy (non-hydrogen) atoms. The Labute approximate surface area is 86.8 Å². The minimum Gasteiger partial charge on any atom is -0.310 e. The molecule has 0 aliphatic carbocycles. The highest BCUT2D eigenvalue weighted by Gasteiger charge is 2.06. The minimum atomic E-state index is 0.558. The second-order valence-electron chi connectivity index (χ2n) is 4.22. The lowest BCUT2D eigenvalue weighted by atomic mass is 10.1. The maximum absolute atomic E-state index is 4.08. The number of hydrogen-bond donors (Lipinski definition) is 1. The van der Waals surface area contributed by atoms with E-state index in [-0.39, 0.29) is 0 Å². The van der Waals surface area contributed by atoms with Crippen LogP contribution in [0, 0.1) is 12.8 Å². The van der Waals surface area contributed by atoms with Gasteiger partial charge in [-0.05, 0) is 37.0 Å². The summed E-state index contributed by atoms with van der Waals surface area (Å²) in [4.78, 5) is 4.08. The molecule has 1 N–H and O–H groups in total. The maximum atomic E-state index is 4.08. The number of nitrogens with one attached hydrogen (secondary N) is 1. The van der Waals surface area contributed by atoms with E-state index in [0.29, 0.717) is 12.0 Å². The molecule has 1 heterocycles. The third kappa shape index (κ3) is 3.11. The lowest BCUT2D eigenvalue weighted by molar-refractivity contribution is 0.425. The van der Waals surface area contributed by atoms with Crippen LogP contribution in [0.15, 0.2) is 18.5 Å². The van der Waals surface area contributed by atoms with Crippen molar-refractivity contribution in [1.82, 2.24) is 10.3 Å². The van der Waals surface area contributed by atoms with Gasteiger partial charge in [0.1, 0.15) is 0 Å². The number of nitrogens with zero attached hydrogens (tertiary/aromatic N) is 1. The molecule has 78 valence electrons. The van der Waals surface area contributed by atoms with Crippen LogP contribution in [0.25, 0.3) is 0 Å². The molecule has 0 aromatic carbocycles. The zero-order valence-corrected chi connectivity index (χ0v) is 9.54. The molecular weight excluding hydrogens is 172 g/mol. The minimum absolute atomic E-state index is 0.558. The normalized spacial score (nSPS) is 13.2. The Hall–Kier alpha value is -0.890. The molecule has 0 spiro atoms. The van der Waals surface area contributed by atoms with Crippen LogP contribution in [0.5, 0.6) is 0 Å². The first-order valence-electron chi connectivity index (χ1n) is 5.24. The monoisotopic (exact) mass is 192 g/mol. The molecule has 0 aliphatic heterocycles. The predicted molar refractivity (Wildman–Crippen MR) is 60.1 cm³/mol. The second kappa shape index (κ2) is 5.11. The highest BCUT2D eigenvalue weighted by atomic mass is 14.9. The van der Waals surface area contributed by atoms with Gasteiger partial charge in [0.25, 0.3) is 0 Å². The van der Waals surface area contributed by atoms with Crippen molar-refractivity contribution in [3.63, 3.8) is 0 Å². The fraction of sp³-hybridized carbons (Fsp3) is 0.583. The SMILES string of the molecule is Cc1cnccc1CNC(C)C(C)C. The summed E-state index contributed by atoms with van der Waals surface area (Å²) < 4.78 is 0. The third-order valence-corrected chi connectivity index (χ3v) is 2.75. The lowest BCUT2D eigenvalue weighted by Gasteiger charge is -2.17. The van der Waals surface area contributed by atoms with E-state index in [2.05, 4.69) is 44.1 Å². The van der Waals surface area contributed by atoms with E-state index in [0.717, 1.165) is 6.54 Å². The van der Waals surface area contributed by atoms with E-state index in [9.17, 15) is 0 Å². The van der Waals surface area contributed by atoms with Gasteiger partial charge < -0.3 is 5.32 Å². The molecule has 1 aromatic heterocycles. The molecule has 2 heteroatoms. The molecule has 0 bridgehead atoms. The van der Waals surface area contributed by atoms with Crippen LogP contribution in [-0.4, -0.2) is 11.0 Å². The van der Waals surface area contributed by atoms with E-state index >= 15 is 0 Å². The Morgan fingerprint density at radius 3 is 2.64 bits per heavy atom. The van der Waals surface area contributed by atoms with Crippen molar-refractivity contribution in [3.05, 3.63) is 29.6 Å². The predicted octanol–water partition coefficient (Wildman–Crippen LogP) is 2.52. The van der Waals surface area contributed by atoms with Crippen molar-refractivity contribution >= 4 is 0 Å². The first-order valence-corrected chi connectivity index (χ1v) is 5.24. The summed E-state index contributed by atoms with van der Waals surface area (Å²) in [5.41, 5.74) is 2.60. The highest BCUT2D eigenvalue weighted by Crippen LogP contribution is 2.06. The van der Waals surface area contributed by atoms with Crippen LogP contribution >= 0.6 is 0 Å². The van der Waals surface area contributed by atoms with Gasteiger partial charge in [0.2, 0.25) is 0 Å². The van der Waals surface area contributed by atoms with Crippen LogP contribution in [0.4, 0.5) is 0 Å². The Bertz CT molecular complexity index is 281. The van der Waals surface area contributed by atoms with E-state index in [1.165, 1.54) is 11.1 Å². The van der Waals surface area contributed by atoms with Crippen molar-refractivity contribution in [2.24, 2.45) is 5.92 Å². The summed E-state index contributed by atoms with van der Waals surface area (Å²) in [5.74, 6) is 0.678. The summed E-state index contributed by atoms with van der Waals surface area (Å²) >= 11 is 0. The van der Waals surface area contributed by atoms with E-state index in [4.69, 9.17) is 0 Å². The van der Waals surface area contributed by atoms with Crippen molar-refractivity contribution < 1.29 is 0 Å². The molecule has 0 radical (unpaired) electrons. The summed E-state index contributed by atoms with van der Waals surface area (Å²) in [5, 5.41) is 3.51. The molecule has 0 amide bonds. The fourth-order valence-corrected chi connectivity index (χ4v) is 1.21. The van der Waals surface area contributed by atoms with Gasteiger partial charge in [-0.1, -0.05) is 13.8 Å². The highest BCUT2D eigenvalue weighted by molar-refractivity contribution is 5.21. The topological polar surface area (TPSA) is 24.9 Å². The summed E-state index contributed by atoms with van der Waals surface area (Å²) in [6, 6.07) is 2.64. The lowest BCUT2D eigenvalue weighted by Crippen LogP contribution is -2.30. The van der Waals surface area contributed by atoms with Gasteiger partial charge in [-0.15, -0.1) is 0 Å². The van der Waals surface area contributed by atoms with Crippen molar-refractivity contribution in [3.8, 4) is 0 Å². The Balaban J connectivity index is 2.50. The fourth-order valence-electron chi connectivity index (χ4n) is 1.21. The van der Waals surface area contributed by atoms with Gasteiger partial charge in [-0.25, -0.2) is 0 Å². The third-order valence-electron chi connectivity index (χ3n) is 2.75. The maximum Gasteiger partial charge on any atom is 0.0300 e. The van der Waals surface area contributed by atoms with Crippen LogP contribution in [0.1, 0.15) is 31.9 Å². The van der Waals surface area contributed by atoms with E-state index < -0.39 is 0 Å². The zero-order valence-electron chi connectivity index (χ0n) is 9.54. The number of pyridine rings is 1. The standard InChI is InChI=1S/C12H20N2/c1-9(2)11(4)14-8-12-5-6-13-7-10(12)3/h5-7,9,11,14H,8H2,1-4H3. The molecule has 1 aromatic rings. The number of hydrogen-bond acceptors (Lipinski definition) is 2. The molecule has 1 atom stereocenters. The molecule has 0 fully saturated rings. The quantitative estimate of drug-likeness (QED) is 0.793. The largest absolute Gasteiger partial charge is 0.310 e. The number of rotatable bonds is 4. The van der Waals surface area contributed by atoms with E-state index in [1.807, 2.05) is 12.4 Å². The van der Waals surface area contributed by atoms with Gasteiger partial charge in [0.05, 0.1) is 0 Å².